The number of ether oxygens (including phenoxy) is 1. The van der Waals surface area contributed by atoms with E-state index in [1.807, 2.05) is 31.2 Å². The Hall–Kier alpha value is -2.88. The fraction of sp³-hybridized carbons (Fsp3) is 0.375. The number of methoxy groups -OCH3 is 1. The lowest BCUT2D eigenvalue weighted by Crippen LogP contribution is -2.31. The first-order valence-corrected chi connectivity index (χ1v) is 8.82. The molecule has 136 valence electrons. The highest BCUT2D eigenvalue weighted by Gasteiger charge is 2.14. The van der Waals surface area contributed by atoms with E-state index in [1.165, 1.54) is 7.11 Å². The molecule has 9 nitrogen and oxygen atoms in total. The molecule has 3 rings (SSSR count). The summed E-state index contributed by atoms with van der Waals surface area (Å²) >= 11 is 1.63. The Bertz CT molecular complexity index is 889. The summed E-state index contributed by atoms with van der Waals surface area (Å²) in [5.74, 6) is -0.388. The maximum Gasteiger partial charge on any atom is 0.313 e. The van der Waals surface area contributed by atoms with Gasteiger partial charge in [0, 0.05) is 12.5 Å². The van der Waals surface area contributed by atoms with Crippen LogP contribution in [-0.4, -0.2) is 50.7 Å². The minimum atomic E-state index is -0.460. The molecule has 3 aromatic rings. The van der Waals surface area contributed by atoms with E-state index in [0.29, 0.717) is 6.54 Å². The second-order valence-electron chi connectivity index (χ2n) is 5.71. The first-order valence-electron chi connectivity index (χ1n) is 8.01. The van der Waals surface area contributed by atoms with Gasteiger partial charge in [-0.1, -0.05) is 19.1 Å². The summed E-state index contributed by atoms with van der Waals surface area (Å²) in [6, 6.07) is 7.95. The average Bonchev–Trinajstić information content (AvgIpc) is 3.26. The van der Waals surface area contributed by atoms with Gasteiger partial charge in [-0.15, -0.1) is 21.5 Å². The van der Waals surface area contributed by atoms with Crippen molar-refractivity contribution in [1.29, 1.82) is 0 Å². The Morgan fingerprint density at radius 3 is 2.92 bits per heavy atom. The van der Waals surface area contributed by atoms with Crippen molar-refractivity contribution in [3.63, 3.8) is 0 Å². The number of tetrazole rings is 1. The molecule has 0 bridgehead atoms. The van der Waals surface area contributed by atoms with Gasteiger partial charge in [-0.05, 0) is 17.3 Å². The smallest absolute Gasteiger partial charge is 0.313 e. The number of carbonyl (C=O) groups is 2. The summed E-state index contributed by atoms with van der Waals surface area (Å²) in [4.78, 5) is 29.0. The molecule has 0 saturated heterocycles. The largest absolute Gasteiger partial charge is 0.469 e. The predicted molar refractivity (Wildman–Crippen MR) is 94.6 cm³/mol. The fourth-order valence-corrected chi connectivity index (χ4v) is 3.27. The van der Waals surface area contributed by atoms with E-state index in [0.717, 1.165) is 20.0 Å². The highest BCUT2D eigenvalue weighted by molar-refractivity contribution is 7.18. The van der Waals surface area contributed by atoms with Gasteiger partial charge in [0.15, 0.2) is 5.82 Å². The number of carbonyl (C=O) groups excluding carboxylic acids is 2. The van der Waals surface area contributed by atoms with Crippen LogP contribution in [0.3, 0.4) is 0 Å². The van der Waals surface area contributed by atoms with Crippen molar-refractivity contribution in [2.24, 2.45) is 0 Å². The molecule has 0 radical (unpaired) electrons. The van der Waals surface area contributed by atoms with Crippen molar-refractivity contribution < 1.29 is 14.3 Å². The van der Waals surface area contributed by atoms with Crippen LogP contribution < -0.4 is 5.32 Å². The molecule has 0 fully saturated rings. The van der Waals surface area contributed by atoms with E-state index in [-0.39, 0.29) is 30.6 Å². The summed E-state index contributed by atoms with van der Waals surface area (Å²) in [5, 5.41) is 15.3. The van der Waals surface area contributed by atoms with Gasteiger partial charge < -0.3 is 10.1 Å². The maximum absolute atomic E-state index is 12.1. The Morgan fingerprint density at radius 2 is 2.15 bits per heavy atom. The highest BCUT2D eigenvalue weighted by atomic mass is 32.1. The number of aromatic nitrogens is 5. The Labute approximate surface area is 153 Å². The molecule has 26 heavy (non-hydrogen) atoms. The molecule has 1 N–H and O–H groups in total. The van der Waals surface area contributed by atoms with Crippen molar-refractivity contribution in [2.75, 3.05) is 13.7 Å². The van der Waals surface area contributed by atoms with Crippen LogP contribution in [0.2, 0.25) is 0 Å². The van der Waals surface area contributed by atoms with E-state index >= 15 is 0 Å². The minimum Gasteiger partial charge on any atom is -0.469 e. The Balaban J connectivity index is 1.51. The summed E-state index contributed by atoms with van der Waals surface area (Å²) in [7, 11) is 1.28. The van der Waals surface area contributed by atoms with E-state index in [4.69, 9.17) is 0 Å². The standard InChI is InChI=1S/C16H18N6O3S/c1-10(16-18-11-5-3-4-6-12(11)26-16)8-17-14(23)9-22-20-13(19-21-22)7-15(24)25-2/h3-6,10H,7-9H2,1-2H3,(H,17,23)/t10-/m1/s1. The average molecular weight is 374 g/mol. The van der Waals surface area contributed by atoms with E-state index in [9.17, 15) is 9.59 Å². The molecule has 0 unspecified atom stereocenters. The van der Waals surface area contributed by atoms with Gasteiger partial charge in [-0.3, -0.25) is 9.59 Å². The topological polar surface area (TPSA) is 112 Å². The van der Waals surface area contributed by atoms with Gasteiger partial charge in [-0.25, -0.2) is 4.98 Å². The Kier molecular flexibility index (Phi) is 5.52. The van der Waals surface area contributed by atoms with Gasteiger partial charge in [0.25, 0.3) is 0 Å². The first kappa shape index (κ1) is 17.9. The van der Waals surface area contributed by atoms with Crippen LogP contribution >= 0.6 is 11.3 Å². The number of para-hydroxylation sites is 1. The van der Waals surface area contributed by atoms with Gasteiger partial charge in [0.2, 0.25) is 5.91 Å². The maximum atomic E-state index is 12.1. The van der Waals surface area contributed by atoms with Crippen molar-refractivity contribution in [1.82, 2.24) is 30.5 Å². The third-order valence-corrected chi connectivity index (χ3v) is 4.91. The molecule has 1 amide bonds. The van der Waals surface area contributed by atoms with Crippen LogP contribution in [-0.2, 0) is 27.3 Å². The number of nitrogens with zero attached hydrogens (tertiary/aromatic N) is 5. The number of fused-ring (bicyclic) bond motifs is 1. The van der Waals surface area contributed by atoms with Gasteiger partial charge in [-0.2, -0.15) is 4.80 Å². The fourth-order valence-electron chi connectivity index (χ4n) is 2.25. The summed E-state index contributed by atoms with van der Waals surface area (Å²) in [5.41, 5.74) is 0.968. The molecule has 0 spiro atoms. The number of thiazole rings is 1. The monoisotopic (exact) mass is 374 g/mol. The second kappa shape index (κ2) is 8.00. The van der Waals surface area contributed by atoms with Gasteiger partial charge in [0.1, 0.15) is 13.0 Å². The molecule has 1 aromatic carbocycles. The second-order valence-corrected chi connectivity index (χ2v) is 6.78. The van der Waals surface area contributed by atoms with Crippen molar-refractivity contribution in [2.45, 2.75) is 25.8 Å². The molecular weight excluding hydrogens is 356 g/mol. The van der Waals surface area contributed by atoms with Crippen molar-refractivity contribution in [3.8, 4) is 0 Å². The molecule has 0 aliphatic rings. The number of hydrogen-bond donors (Lipinski definition) is 1. The first-order chi connectivity index (χ1) is 12.5. The van der Waals surface area contributed by atoms with Gasteiger partial charge in [0.05, 0.1) is 22.3 Å². The zero-order valence-corrected chi connectivity index (χ0v) is 15.2. The third-order valence-electron chi connectivity index (χ3n) is 3.65. The number of hydrogen-bond acceptors (Lipinski definition) is 8. The Morgan fingerprint density at radius 1 is 1.35 bits per heavy atom. The molecule has 10 heteroatoms. The van der Waals surface area contributed by atoms with Crippen LogP contribution in [0.5, 0.6) is 0 Å². The number of amides is 1. The number of esters is 1. The predicted octanol–water partition coefficient (Wildman–Crippen LogP) is 0.918. The SMILES string of the molecule is COC(=O)Cc1nnn(CC(=O)NC[C@@H](C)c2nc3ccccc3s2)n1. The molecule has 2 aromatic heterocycles. The van der Waals surface area contributed by atoms with E-state index in [1.54, 1.807) is 11.3 Å². The highest BCUT2D eigenvalue weighted by Crippen LogP contribution is 2.26. The zero-order chi connectivity index (χ0) is 18.5. The molecule has 0 aliphatic heterocycles. The zero-order valence-electron chi connectivity index (χ0n) is 14.4. The minimum absolute atomic E-state index is 0.0687. The molecule has 0 aliphatic carbocycles. The lowest BCUT2D eigenvalue weighted by molar-refractivity contribution is -0.139. The summed E-state index contributed by atoms with van der Waals surface area (Å²) in [6.45, 7) is 2.41. The summed E-state index contributed by atoms with van der Waals surface area (Å²) < 4.78 is 5.66. The summed E-state index contributed by atoms with van der Waals surface area (Å²) in [6.07, 6.45) is -0.0766. The number of benzene rings is 1. The van der Waals surface area contributed by atoms with Crippen molar-refractivity contribution in [3.05, 3.63) is 35.1 Å². The van der Waals surface area contributed by atoms with Gasteiger partial charge >= 0.3 is 5.97 Å². The van der Waals surface area contributed by atoms with Crippen molar-refractivity contribution >= 4 is 33.4 Å². The van der Waals surface area contributed by atoms with Crippen LogP contribution in [0.25, 0.3) is 10.2 Å². The number of nitrogens with one attached hydrogen (secondary N) is 1. The lowest BCUT2D eigenvalue weighted by atomic mass is 10.2. The number of rotatable bonds is 7. The van der Waals surface area contributed by atoms with E-state index in [2.05, 4.69) is 30.4 Å². The molecule has 2 heterocycles. The lowest BCUT2D eigenvalue weighted by Gasteiger charge is -2.09. The normalized spacial score (nSPS) is 12.1. The van der Waals surface area contributed by atoms with Crippen LogP contribution in [0.1, 0.15) is 23.7 Å². The molecular formula is C16H18N6O3S. The molecule has 1 atom stereocenters. The molecule has 0 saturated carbocycles. The van der Waals surface area contributed by atoms with Crippen LogP contribution in [0.4, 0.5) is 0 Å². The third kappa shape index (κ3) is 4.39. The van der Waals surface area contributed by atoms with E-state index < -0.39 is 5.97 Å². The van der Waals surface area contributed by atoms with Crippen LogP contribution in [0, 0.1) is 0 Å². The quantitative estimate of drug-likeness (QED) is 0.612. The van der Waals surface area contributed by atoms with Crippen LogP contribution in [0.15, 0.2) is 24.3 Å².